The van der Waals surface area contributed by atoms with Crippen LogP contribution >= 0.6 is 0 Å². The Bertz CT molecular complexity index is 980. The van der Waals surface area contributed by atoms with Crippen LogP contribution in [0.1, 0.15) is 50.3 Å². The van der Waals surface area contributed by atoms with E-state index < -0.39 is 0 Å². The first-order valence-electron chi connectivity index (χ1n) is 13.1. The molecule has 4 rings (SSSR count). The maximum Gasteiger partial charge on any atom is 0.226 e. The number of benzene rings is 1. The second-order valence-corrected chi connectivity index (χ2v) is 9.79. The van der Waals surface area contributed by atoms with E-state index >= 15 is 0 Å². The number of carbonyl (C=O) groups is 1. The quantitative estimate of drug-likeness (QED) is 0.537. The normalized spacial score (nSPS) is 17.7. The third-order valence-corrected chi connectivity index (χ3v) is 7.51. The number of amides is 1. The minimum atomic E-state index is -0.284. The van der Waals surface area contributed by atoms with Gasteiger partial charge in [-0.1, -0.05) is 32.3 Å². The number of aromatic nitrogens is 2. The molecule has 2 heterocycles. The fourth-order valence-electron chi connectivity index (χ4n) is 5.39. The third kappa shape index (κ3) is 6.04. The summed E-state index contributed by atoms with van der Waals surface area (Å²) in [5.74, 6) is 1.01. The molecule has 0 bridgehead atoms. The summed E-state index contributed by atoms with van der Waals surface area (Å²) in [5, 5.41) is 4.87. The van der Waals surface area contributed by atoms with Crippen LogP contribution < -0.4 is 4.90 Å². The molecule has 1 aliphatic carbocycles. The van der Waals surface area contributed by atoms with Gasteiger partial charge in [0.2, 0.25) is 5.91 Å². The van der Waals surface area contributed by atoms with Crippen LogP contribution in [0.15, 0.2) is 24.3 Å². The summed E-state index contributed by atoms with van der Waals surface area (Å²) in [4.78, 5) is 20.3. The Morgan fingerprint density at radius 1 is 1.17 bits per heavy atom. The van der Waals surface area contributed by atoms with E-state index in [2.05, 4.69) is 16.7 Å². The lowest BCUT2D eigenvalue weighted by Gasteiger charge is -2.36. The Balaban J connectivity index is 1.69. The first-order valence-corrected chi connectivity index (χ1v) is 13.1. The number of nitrogens with zero attached hydrogens (tertiary/aromatic N) is 5. The minimum Gasteiger partial charge on any atom is -0.383 e. The van der Waals surface area contributed by atoms with Crippen LogP contribution in [0, 0.1) is 18.7 Å². The first-order chi connectivity index (χ1) is 17.0. The van der Waals surface area contributed by atoms with Crippen molar-refractivity contribution in [2.75, 3.05) is 57.9 Å². The number of methoxy groups -OCH3 is 1. The van der Waals surface area contributed by atoms with Gasteiger partial charge in [0.05, 0.1) is 24.5 Å². The molecule has 0 N–H and O–H groups in total. The van der Waals surface area contributed by atoms with Gasteiger partial charge in [-0.2, -0.15) is 5.10 Å². The average Bonchev–Trinajstić information content (AvgIpc) is 3.22. The number of hydrogen-bond acceptors (Lipinski definition) is 5. The predicted molar refractivity (Wildman–Crippen MR) is 136 cm³/mol. The Kier molecular flexibility index (Phi) is 8.78. The Hall–Kier alpha value is -2.45. The van der Waals surface area contributed by atoms with E-state index in [4.69, 9.17) is 9.84 Å². The molecule has 1 saturated carbocycles. The molecule has 1 aromatic carbocycles. The van der Waals surface area contributed by atoms with Crippen molar-refractivity contribution in [3.8, 4) is 5.69 Å². The van der Waals surface area contributed by atoms with Gasteiger partial charge in [-0.25, -0.2) is 9.07 Å². The van der Waals surface area contributed by atoms with Crippen LogP contribution in [0.2, 0.25) is 0 Å². The van der Waals surface area contributed by atoms with E-state index in [1.54, 1.807) is 13.2 Å². The summed E-state index contributed by atoms with van der Waals surface area (Å²) >= 11 is 0. The molecule has 1 aromatic heterocycles. The molecule has 2 aromatic rings. The number of aryl methyl sites for hydroxylation is 1. The summed E-state index contributed by atoms with van der Waals surface area (Å²) in [6.45, 7) is 10.4. The molecule has 35 heavy (non-hydrogen) atoms. The molecule has 7 nitrogen and oxygen atoms in total. The van der Waals surface area contributed by atoms with Crippen LogP contribution in [0.4, 0.5) is 10.2 Å². The van der Waals surface area contributed by atoms with Crippen molar-refractivity contribution in [2.24, 2.45) is 5.92 Å². The fraction of sp³-hybridized carbons (Fsp3) is 0.630. The molecule has 1 aliphatic heterocycles. The number of carbonyl (C=O) groups excluding carboxylic acids is 1. The first kappa shape index (κ1) is 25.6. The number of rotatable bonds is 9. The maximum absolute atomic E-state index is 14.2. The van der Waals surface area contributed by atoms with Gasteiger partial charge in [-0.3, -0.25) is 4.79 Å². The van der Waals surface area contributed by atoms with Crippen LogP contribution in [0.3, 0.4) is 0 Å². The number of piperazine rings is 1. The van der Waals surface area contributed by atoms with Gasteiger partial charge in [0.25, 0.3) is 0 Å². The third-order valence-electron chi connectivity index (χ3n) is 7.51. The molecule has 0 unspecified atom stereocenters. The minimum absolute atomic E-state index is 0.0933. The van der Waals surface area contributed by atoms with Gasteiger partial charge in [-0.05, 0) is 44.5 Å². The number of likely N-dealkylation sites (N-methyl/N-ethyl adjacent to an activating group) is 1. The van der Waals surface area contributed by atoms with E-state index in [-0.39, 0.29) is 17.6 Å². The van der Waals surface area contributed by atoms with Crippen molar-refractivity contribution in [3.05, 3.63) is 41.3 Å². The fourth-order valence-corrected chi connectivity index (χ4v) is 5.39. The largest absolute Gasteiger partial charge is 0.383 e. The van der Waals surface area contributed by atoms with E-state index in [9.17, 15) is 9.18 Å². The van der Waals surface area contributed by atoms with Crippen molar-refractivity contribution in [1.82, 2.24) is 19.6 Å². The lowest BCUT2D eigenvalue weighted by atomic mass is 9.88. The van der Waals surface area contributed by atoms with Crippen molar-refractivity contribution >= 4 is 11.7 Å². The Labute approximate surface area is 208 Å². The zero-order valence-corrected chi connectivity index (χ0v) is 21.5. The summed E-state index contributed by atoms with van der Waals surface area (Å²) in [5.41, 5.74) is 2.62. The molecule has 0 spiro atoms. The highest BCUT2D eigenvalue weighted by molar-refractivity contribution is 5.79. The standard InChI is InChI=1S/C27H40FN5O2/c1-4-30-13-15-31(16-14-30)26-25(21(2)29-33(26)24-12-8-11-23(28)19-24)20-32(17-18-35-3)27(34)22-9-6-5-7-10-22/h8,11-12,19,22H,4-7,9-10,13-18,20H2,1-3H3. The van der Waals surface area contributed by atoms with Gasteiger partial charge >= 0.3 is 0 Å². The van der Waals surface area contributed by atoms with E-state index in [1.807, 2.05) is 22.6 Å². The van der Waals surface area contributed by atoms with E-state index in [1.165, 1.54) is 18.6 Å². The van der Waals surface area contributed by atoms with Crippen LogP contribution in [-0.2, 0) is 16.1 Å². The SMILES string of the molecule is CCN1CCN(c2c(CN(CCOC)C(=O)C3CCCCC3)c(C)nn2-c2cccc(F)c2)CC1. The molecular weight excluding hydrogens is 445 g/mol. The molecule has 2 fully saturated rings. The molecular formula is C27H40FN5O2. The maximum atomic E-state index is 14.2. The van der Waals surface area contributed by atoms with E-state index in [0.29, 0.717) is 25.4 Å². The zero-order valence-electron chi connectivity index (χ0n) is 21.5. The molecule has 2 aliphatic rings. The number of ether oxygens (including phenoxy) is 1. The summed E-state index contributed by atoms with van der Waals surface area (Å²) in [7, 11) is 1.68. The van der Waals surface area contributed by atoms with Gasteiger partial charge in [0, 0.05) is 51.3 Å². The summed E-state index contributed by atoms with van der Waals surface area (Å²) in [6, 6.07) is 6.59. The molecule has 0 radical (unpaired) electrons. The van der Waals surface area contributed by atoms with Gasteiger partial charge in [0.15, 0.2) is 0 Å². The van der Waals surface area contributed by atoms with Crippen LogP contribution in [-0.4, -0.2) is 78.5 Å². The highest BCUT2D eigenvalue weighted by Gasteiger charge is 2.30. The lowest BCUT2D eigenvalue weighted by molar-refractivity contribution is -0.137. The Morgan fingerprint density at radius 3 is 2.57 bits per heavy atom. The predicted octanol–water partition coefficient (Wildman–Crippen LogP) is 4.02. The van der Waals surface area contributed by atoms with Crippen molar-refractivity contribution in [2.45, 2.75) is 52.5 Å². The highest BCUT2D eigenvalue weighted by atomic mass is 19.1. The van der Waals surface area contributed by atoms with E-state index in [0.717, 1.165) is 75.5 Å². The van der Waals surface area contributed by atoms with Gasteiger partial charge in [-0.15, -0.1) is 0 Å². The topological polar surface area (TPSA) is 53.8 Å². The Morgan fingerprint density at radius 2 is 1.91 bits per heavy atom. The molecule has 0 atom stereocenters. The van der Waals surface area contributed by atoms with Crippen LogP contribution in [0.5, 0.6) is 0 Å². The zero-order chi connectivity index (χ0) is 24.8. The lowest BCUT2D eigenvalue weighted by Crippen LogP contribution is -2.47. The summed E-state index contributed by atoms with van der Waals surface area (Å²) in [6.07, 6.45) is 5.40. The molecule has 192 valence electrons. The number of halogens is 1. The van der Waals surface area contributed by atoms with Crippen molar-refractivity contribution < 1.29 is 13.9 Å². The highest BCUT2D eigenvalue weighted by Crippen LogP contribution is 2.32. The number of hydrogen-bond donors (Lipinski definition) is 0. The molecule has 1 saturated heterocycles. The molecule has 1 amide bonds. The smallest absolute Gasteiger partial charge is 0.226 e. The average molecular weight is 486 g/mol. The van der Waals surface area contributed by atoms with Gasteiger partial charge in [0.1, 0.15) is 11.6 Å². The number of anilines is 1. The second kappa shape index (κ2) is 12.0. The molecule has 8 heteroatoms. The van der Waals surface area contributed by atoms with Crippen molar-refractivity contribution in [3.63, 3.8) is 0 Å². The van der Waals surface area contributed by atoms with Crippen LogP contribution in [0.25, 0.3) is 5.69 Å². The second-order valence-electron chi connectivity index (χ2n) is 9.79. The van der Waals surface area contributed by atoms with Gasteiger partial charge < -0.3 is 19.4 Å². The monoisotopic (exact) mass is 485 g/mol. The van der Waals surface area contributed by atoms with Crippen molar-refractivity contribution in [1.29, 1.82) is 0 Å². The summed E-state index contributed by atoms with van der Waals surface area (Å²) < 4.78 is 21.4.